The average molecular weight is 218 g/mol. The zero-order valence-corrected chi connectivity index (χ0v) is 8.85. The molecule has 0 amide bonds. The number of hydrogen-bond acceptors (Lipinski definition) is 3. The zero-order valence-electron chi connectivity index (χ0n) is 8.85. The molecule has 0 radical (unpaired) electrons. The maximum atomic E-state index is 12.8. The summed E-state index contributed by atoms with van der Waals surface area (Å²) in [4.78, 5) is 7.82. The summed E-state index contributed by atoms with van der Waals surface area (Å²) >= 11 is 0. The van der Waals surface area contributed by atoms with Gasteiger partial charge in [-0.3, -0.25) is 4.98 Å². The summed E-state index contributed by atoms with van der Waals surface area (Å²) in [6.07, 6.45) is 4.39. The van der Waals surface area contributed by atoms with Crippen molar-refractivity contribution in [1.29, 1.82) is 0 Å². The van der Waals surface area contributed by atoms with E-state index in [9.17, 15) is 4.39 Å². The van der Waals surface area contributed by atoms with Gasteiger partial charge in [-0.2, -0.15) is 0 Å². The van der Waals surface area contributed by atoms with Gasteiger partial charge in [0.1, 0.15) is 12.4 Å². The van der Waals surface area contributed by atoms with Crippen LogP contribution in [0.3, 0.4) is 0 Å². The van der Waals surface area contributed by atoms with E-state index in [0.717, 1.165) is 11.8 Å². The molecule has 0 fully saturated rings. The quantitative estimate of drug-likeness (QED) is 0.793. The zero-order chi connectivity index (χ0) is 11.4. The van der Waals surface area contributed by atoms with Crippen molar-refractivity contribution in [1.82, 2.24) is 9.97 Å². The maximum absolute atomic E-state index is 12.8. The van der Waals surface area contributed by atoms with Crippen LogP contribution in [-0.4, -0.2) is 9.97 Å². The third-order valence-electron chi connectivity index (χ3n) is 2.10. The van der Waals surface area contributed by atoms with E-state index in [4.69, 9.17) is 4.74 Å². The summed E-state index contributed by atoms with van der Waals surface area (Å²) in [5.41, 5.74) is 1.64. The van der Waals surface area contributed by atoms with Gasteiger partial charge in [0.2, 0.25) is 5.88 Å². The van der Waals surface area contributed by atoms with Crippen LogP contribution >= 0.6 is 0 Å². The second-order valence-electron chi connectivity index (χ2n) is 3.43. The fraction of sp³-hybridized carbons (Fsp3) is 0.167. The molecule has 0 bridgehead atoms. The van der Waals surface area contributed by atoms with Crippen molar-refractivity contribution >= 4 is 0 Å². The summed E-state index contributed by atoms with van der Waals surface area (Å²) in [5.74, 6) is 0.200. The first-order valence-electron chi connectivity index (χ1n) is 4.89. The highest BCUT2D eigenvalue weighted by atomic mass is 19.1. The molecule has 0 saturated carbocycles. The first kappa shape index (κ1) is 10.5. The van der Waals surface area contributed by atoms with Crippen LogP contribution < -0.4 is 4.74 Å². The Morgan fingerprint density at radius 3 is 3.00 bits per heavy atom. The van der Waals surface area contributed by atoms with Gasteiger partial charge >= 0.3 is 0 Å². The summed E-state index contributed by atoms with van der Waals surface area (Å²) in [6, 6.07) is 5.14. The Kier molecular flexibility index (Phi) is 3.10. The summed E-state index contributed by atoms with van der Waals surface area (Å²) in [7, 11) is 0. The SMILES string of the molecule is Cc1cccnc1OCc1cncc(F)c1. The second kappa shape index (κ2) is 4.70. The lowest BCUT2D eigenvalue weighted by Gasteiger charge is -2.06. The molecule has 0 aliphatic carbocycles. The Morgan fingerprint density at radius 2 is 2.25 bits per heavy atom. The van der Waals surface area contributed by atoms with Crippen LogP contribution in [0, 0.1) is 12.7 Å². The summed E-state index contributed by atoms with van der Waals surface area (Å²) < 4.78 is 18.3. The molecule has 0 unspecified atom stereocenters. The number of aromatic nitrogens is 2. The molecule has 2 heterocycles. The molecule has 0 aliphatic rings. The fourth-order valence-corrected chi connectivity index (χ4v) is 1.31. The monoisotopic (exact) mass is 218 g/mol. The van der Waals surface area contributed by atoms with Crippen molar-refractivity contribution in [3.8, 4) is 5.88 Å². The molecule has 0 atom stereocenters. The number of ether oxygens (including phenoxy) is 1. The van der Waals surface area contributed by atoms with E-state index < -0.39 is 0 Å². The van der Waals surface area contributed by atoms with E-state index >= 15 is 0 Å². The normalized spacial score (nSPS) is 10.1. The molecule has 2 rings (SSSR count). The molecule has 0 spiro atoms. The van der Waals surface area contributed by atoms with Gasteiger partial charge in [-0.1, -0.05) is 6.07 Å². The highest BCUT2D eigenvalue weighted by Gasteiger charge is 2.01. The molecule has 0 aromatic carbocycles. The second-order valence-corrected chi connectivity index (χ2v) is 3.43. The van der Waals surface area contributed by atoms with Crippen LogP contribution in [0.25, 0.3) is 0 Å². The highest BCUT2D eigenvalue weighted by Crippen LogP contribution is 2.14. The van der Waals surface area contributed by atoms with Crippen molar-refractivity contribution in [3.63, 3.8) is 0 Å². The molecule has 4 heteroatoms. The van der Waals surface area contributed by atoms with Crippen LogP contribution in [0.4, 0.5) is 4.39 Å². The van der Waals surface area contributed by atoms with Crippen LogP contribution in [-0.2, 0) is 6.61 Å². The van der Waals surface area contributed by atoms with Crippen LogP contribution in [0.15, 0.2) is 36.8 Å². The maximum Gasteiger partial charge on any atom is 0.216 e. The summed E-state index contributed by atoms with van der Waals surface area (Å²) in [6.45, 7) is 2.18. The third-order valence-corrected chi connectivity index (χ3v) is 2.10. The van der Waals surface area contributed by atoms with Crippen molar-refractivity contribution in [2.24, 2.45) is 0 Å². The lowest BCUT2D eigenvalue weighted by atomic mass is 10.3. The first-order chi connectivity index (χ1) is 7.75. The Bertz CT molecular complexity index is 488. The molecular weight excluding hydrogens is 207 g/mol. The van der Waals surface area contributed by atoms with Gasteiger partial charge < -0.3 is 4.74 Å². The van der Waals surface area contributed by atoms with Gasteiger partial charge in [0.15, 0.2) is 0 Å². The van der Waals surface area contributed by atoms with Gasteiger partial charge in [-0.05, 0) is 19.1 Å². The average Bonchev–Trinajstić information content (AvgIpc) is 2.28. The molecule has 16 heavy (non-hydrogen) atoms. The van der Waals surface area contributed by atoms with Gasteiger partial charge in [0.05, 0.1) is 6.20 Å². The lowest BCUT2D eigenvalue weighted by molar-refractivity contribution is 0.290. The number of hydrogen-bond donors (Lipinski definition) is 0. The predicted octanol–water partition coefficient (Wildman–Crippen LogP) is 2.50. The Labute approximate surface area is 92.9 Å². The van der Waals surface area contributed by atoms with Gasteiger partial charge in [0.25, 0.3) is 0 Å². The lowest BCUT2D eigenvalue weighted by Crippen LogP contribution is -1.99. The molecule has 0 N–H and O–H groups in total. The summed E-state index contributed by atoms with van der Waals surface area (Å²) in [5, 5.41) is 0. The smallest absolute Gasteiger partial charge is 0.216 e. The van der Waals surface area contributed by atoms with E-state index in [1.807, 2.05) is 19.1 Å². The first-order valence-corrected chi connectivity index (χ1v) is 4.89. The fourth-order valence-electron chi connectivity index (χ4n) is 1.31. The topological polar surface area (TPSA) is 35.0 Å². The number of rotatable bonds is 3. The molecule has 3 nitrogen and oxygen atoms in total. The van der Waals surface area contributed by atoms with Gasteiger partial charge in [0, 0.05) is 23.5 Å². The number of pyridine rings is 2. The Morgan fingerprint density at radius 1 is 1.38 bits per heavy atom. The molecule has 2 aromatic heterocycles. The van der Waals surface area contributed by atoms with Crippen molar-refractivity contribution in [2.45, 2.75) is 13.5 Å². The molecule has 0 saturated heterocycles. The Balaban J connectivity index is 2.05. The molecular formula is C12H11FN2O. The van der Waals surface area contributed by atoms with E-state index in [1.165, 1.54) is 6.07 Å². The number of aryl methyl sites for hydroxylation is 1. The van der Waals surface area contributed by atoms with E-state index in [-0.39, 0.29) is 12.4 Å². The largest absolute Gasteiger partial charge is 0.473 e. The predicted molar refractivity (Wildman–Crippen MR) is 57.5 cm³/mol. The highest BCUT2D eigenvalue weighted by molar-refractivity contribution is 5.23. The minimum atomic E-state index is -0.362. The van der Waals surface area contributed by atoms with Gasteiger partial charge in [-0.15, -0.1) is 0 Å². The van der Waals surface area contributed by atoms with E-state index in [0.29, 0.717) is 11.4 Å². The van der Waals surface area contributed by atoms with Crippen LogP contribution in [0.5, 0.6) is 5.88 Å². The number of halogens is 1. The minimum Gasteiger partial charge on any atom is -0.473 e. The Hall–Kier alpha value is -1.97. The van der Waals surface area contributed by atoms with Crippen LogP contribution in [0.2, 0.25) is 0 Å². The van der Waals surface area contributed by atoms with Crippen molar-refractivity contribution in [3.05, 3.63) is 53.7 Å². The van der Waals surface area contributed by atoms with Gasteiger partial charge in [-0.25, -0.2) is 9.37 Å². The number of nitrogens with zero attached hydrogens (tertiary/aromatic N) is 2. The third kappa shape index (κ3) is 2.53. The minimum absolute atomic E-state index is 0.266. The molecule has 2 aromatic rings. The van der Waals surface area contributed by atoms with E-state index in [2.05, 4.69) is 9.97 Å². The molecule has 0 aliphatic heterocycles. The van der Waals surface area contributed by atoms with Crippen molar-refractivity contribution < 1.29 is 9.13 Å². The van der Waals surface area contributed by atoms with E-state index in [1.54, 1.807) is 12.4 Å². The van der Waals surface area contributed by atoms with Crippen molar-refractivity contribution in [2.75, 3.05) is 0 Å². The standard InChI is InChI=1S/C12H11FN2O/c1-9-3-2-4-15-12(9)16-8-10-5-11(13)7-14-6-10/h2-7H,8H2,1H3. The van der Waals surface area contributed by atoms with Crippen LogP contribution in [0.1, 0.15) is 11.1 Å². The molecule has 82 valence electrons.